The molecular formula is C10H18N2O3. The summed E-state index contributed by atoms with van der Waals surface area (Å²) in [7, 11) is 0. The van der Waals surface area contributed by atoms with Gasteiger partial charge in [0.15, 0.2) is 0 Å². The molecule has 1 aliphatic rings. The van der Waals surface area contributed by atoms with Gasteiger partial charge in [0, 0.05) is 19.5 Å². The Hall–Kier alpha value is -1.10. The monoisotopic (exact) mass is 214 g/mol. The Bertz CT molecular complexity index is 237. The number of carbonyl (C=O) groups excluding carboxylic acids is 1. The third-order valence-corrected chi connectivity index (χ3v) is 2.68. The zero-order valence-corrected chi connectivity index (χ0v) is 8.82. The summed E-state index contributed by atoms with van der Waals surface area (Å²) >= 11 is 0. The molecule has 3 N–H and O–H groups in total. The van der Waals surface area contributed by atoms with Crippen LogP contribution in [0.1, 0.15) is 25.7 Å². The molecular weight excluding hydrogens is 196 g/mol. The molecule has 0 unspecified atom stereocenters. The SMILES string of the molecule is NCCCCCC(=O)N1CC(C(=O)O)C1. The molecule has 5 heteroatoms. The zero-order valence-electron chi connectivity index (χ0n) is 8.82. The number of unbranched alkanes of at least 4 members (excludes halogenated alkanes) is 2. The average molecular weight is 214 g/mol. The van der Waals surface area contributed by atoms with Gasteiger partial charge in [-0.25, -0.2) is 0 Å². The summed E-state index contributed by atoms with van der Waals surface area (Å²) < 4.78 is 0. The van der Waals surface area contributed by atoms with E-state index < -0.39 is 5.97 Å². The van der Waals surface area contributed by atoms with Gasteiger partial charge in [0.2, 0.25) is 5.91 Å². The van der Waals surface area contributed by atoms with Crippen molar-refractivity contribution in [2.24, 2.45) is 11.7 Å². The van der Waals surface area contributed by atoms with Crippen molar-refractivity contribution >= 4 is 11.9 Å². The zero-order chi connectivity index (χ0) is 11.3. The number of likely N-dealkylation sites (tertiary alicyclic amines) is 1. The number of hydrogen-bond acceptors (Lipinski definition) is 3. The number of carbonyl (C=O) groups is 2. The van der Waals surface area contributed by atoms with E-state index in [1.807, 2.05) is 0 Å². The summed E-state index contributed by atoms with van der Waals surface area (Å²) in [6.07, 6.45) is 3.29. The highest BCUT2D eigenvalue weighted by Crippen LogP contribution is 2.17. The predicted octanol–water partition coefficient (Wildman–Crippen LogP) is 0.0485. The van der Waals surface area contributed by atoms with Crippen LogP contribution in [-0.2, 0) is 9.59 Å². The van der Waals surface area contributed by atoms with Gasteiger partial charge in [0.05, 0.1) is 5.92 Å². The van der Waals surface area contributed by atoms with Crippen LogP contribution in [0.25, 0.3) is 0 Å². The molecule has 1 rings (SSSR count). The number of carboxylic acids is 1. The average Bonchev–Trinajstić information content (AvgIpc) is 2.09. The van der Waals surface area contributed by atoms with Gasteiger partial charge in [-0.15, -0.1) is 0 Å². The van der Waals surface area contributed by atoms with Crippen LogP contribution < -0.4 is 5.73 Å². The first-order valence-corrected chi connectivity index (χ1v) is 5.35. The molecule has 1 heterocycles. The fourth-order valence-electron chi connectivity index (χ4n) is 1.59. The van der Waals surface area contributed by atoms with E-state index in [9.17, 15) is 9.59 Å². The highest BCUT2D eigenvalue weighted by molar-refractivity contribution is 5.80. The minimum absolute atomic E-state index is 0.0736. The quantitative estimate of drug-likeness (QED) is 0.612. The van der Waals surface area contributed by atoms with E-state index in [4.69, 9.17) is 10.8 Å². The number of nitrogens with two attached hydrogens (primary N) is 1. The van der Waals surface area contributed by atoms with Gasteiger partial charge >= 0.3 is 5.97 Å². The molecule has 1 aliphatic heterocycles. The second-order valence-corrected chi connectivity index (χ2v) is 3.93. The molecule has 1 fully saturated rings. The number of amides is 1. The lowest BCUT2D eigenvalue weighted by Crippen LogP contribution is -2.52. The first-order valence-electron chi connectivity index (χ1n) is 5.35. The van der Waals surface area contributed by atoms with Crippen LogP contribution in [0.3, 0.4) is 0 Å². The first kappa shape index (κ1) is 12.0. The number of carboxylic acid groups (broad SMARTS) is 1. The summed E-state index contributed by atoms with van der Waals surface area (Å²) in [5.74, 6) is -1.08. The second kappa shape index (κ2) is 5.70. The van der Waals surface area contributed by atoms with Crippen LogP contribution in [0.4, 0.5) is 0 Å². The van der Waals surface area contributed by atoms with E-state index in [1.54, 1.807) is 4.90 Å². The lowest BCUT2D eigenvalue weighted by Gasteiger charge is -2.36. The van der Waals surface area contributed by atoms with Crippen molar-refractivity contribution < 1.29 is 14.7 Å². The molecule has 0 radical (unpaired) electrons. The van der Waals surface area contributed by atoms with E-state index in [2.05, 4.69) is 0 Å². The molecule has 1 saturated heterocycles. The standard InChI is InChI=1S/C10H18N2O3/c11-5-3-1-2-4-9(13)12-6-8(7-12)10(14)15/h8H,1-7,11H2,(H,14,15). The van der Waals surface area contributed by atoms with Crippen molar-refractivity contribution in [2.75, 3.05) is 19.6 Å². The van der Waals surface area contributed by atoms with Crippen LogP contribution in [0, 0.1) is 5.92 Å². The van der Waals surface area contributed by atoms with Gasteiger partial charge in [-0.3, -0.25) is 9.59 Å². The molecule has 86 valence electrons. The molecule has 15 heavy (non-hydrogen) atoms. The Morgan fingerprint density at radius 3 is 2.47 bits per heavy atom. The third kappa shape index (κ3) is 3.51. The Morgan fingerprint density at radius 2 is 1.93 bits per heavy atom. The van der Waals surface area contributed by atoms with Gasteiger partial charge in [-0.1, -0.05) is 6.42 Å². The van der Waals surface area contributed by atoms with E-state index in [1.165, 1.54) is 0 Å². The Balaban J connectivity index is 2.07. The maximum absolute atomic E-state index is 11.5. The van der Waals surface area contributed by atoms with Crippen LogP contribution in [0.2, 0.25) is 0 Å². The molecule has 0 spiro atoms. The number of hydrogen-bond donors (Lipinski definition) is 2. The topological polar surface area (TPSA) is 83.6 Å². The lowest BCUT2D eigenvalue weighted by molar-refractivity contribution is -0.152. The van der Waals surface area contributed by atoms with Crippen LogP contribution >= 0.6 is 0 Å². The third-order valence-electron chi connectivity index (χ3n) is 2.68. The maximum Gasteiger partial charge on any atom is 0.310 e. The summed E-state index contributed by atoms with van der Waals surface area (Å²) in [6, 6.07) is 0. The molecule has 0 aromatic carbocycles. The molecule has 0 bridgehead atoms. The number of nitrogens with zero attached hydrogens (tertiary/aromatic N) is 1. The first-order chi connectivity index (χ1) is 7.15. The smallest absolute Gasteiger partial charge is 0.310 e. The van der Waals surface area contributed by atoms with Gasteiger partial charge in [0.25, 0.3) is 0 Å². The fraction of sp³-hybridized carbons (Fsp3) is 0.800. The van der Waals surface area contributed by atoms with Gasteiger partial charge in [-0.05, 0) is 19.4 Å². The van der Waals surface area contributed by atoms with Crippen molar-refractivity contribution in [3.05, 3.63) is 0 Å². The second-order valence-electron chi connectivity index (χ2n) is 3.93. The highest BCUT2D eigenvalue weighted by atomic mass is 16.4. The van der Waals surface area contributed by atoms with Crippen molar-refractivity contribution in [1.29, 1.82) is 0 Å². The highest BCUT2D eigenvalue weighted by Gasteiger charge is 2.34. The van der Waals surface area contributed by atoms with E-state index in [-0.39, 0.29) is 11.8 Å². The number of rotatable bonds is 6. The molecule has 1 amide bonds. The Morgan fingerprint density at radius 1 is 1.27 bits per heavy atom. The van der Waals surface area contributed by atoms with Crippen molar-refractivity contribution in [3.63, 3.8) is 0 Å². The van der Waals surface area contributed by atoms with Crippen molar-refractivity contribution in [2.45, 2.75) is 25.7 Å². The predicted molar refractivity (Wildman–Crippen MR) is 55.2 cm³/mol. The van der Waals surface area contributed by atoms with Crippen LogP contribution in [0.15, 0.2) is 0 Å². The summed E-state index contributed by atoms with van der Waals surface area (Å²) in [5, 5.41) is 8.63. The summed E-state index contributed by atoms with van der Waals surface area (Å²) in [5.41, 5.74) is 5.33. The maximum atomic E-state index is 11.5. The number of aliphatic carboxylic acids is 1. The molecule has 0 aromatic rings. The van der Waals surface area contributed by atoms with Gasteiger partial charge in [-0.2, -0.15) is 0 Å². The molecule has 5 nitrogen and oxygen atoms in total. The largest absolute Gasteiger partial charge is 0.481 e. The summed E-state index contributed by atoms with van der Waals surface area (Å²) in [4.78, 5) is 23.6. The van der Waals surface area contributed by atoms with Gasteiger partial charge < -0.3 is 15.7 Å². The Kier molecular flexibility index (Phi) is 4.55. The van der Waals surface area contributed by atoms with Crippen molar-refractivity contribution in [3.8, 4) is 0 Å². The van der Waals surface area contributed by atoms with E-state index >= 15 is 0 Å². The minimum atomic E-state index is -0.804. The molecule has 0 aliphatic carbocycles. The molecule has 0 saturated carbocycles. The van der Waals surface area contributed by atoms with Gasteiger partial charge in [0.1, 0.15) is 0 Å². The van der Waals surface area contributed by atoms with E-state index in [0.29, 0.717) is 26.1 Å². The molecule has 0 atom stereocenters. The lowest BCUT2D eigenvalue weighted by atomic mass is 9.99. The minimum Gasteiger partial charge on any atom is -0.481 e. The van der Waals surface area contributed by atoms with E-state index in [0.717, 1.165) is 19.3 Å². The summed E-state index contributed by atoms with van der Waals surface area (Å²) in [6.45, 7) is 1.43. The van der Waals surface area contributed by atoms with Crippen LogP contribution in [-0.4, -0.2) is 41.5 Å². The normalized spacial score (nSPS) is 16.2. The van der Waals surface area contributed by atoms with Crippen molar-refractivity contribution in [1.82, 2.24) is 4.90 Å². The fourth-order valence-corrected chi connectivity index (χ4v) is 1.59. The van der Waals surface area contributed by atoms with Crippen LogP contribution in [0.5, 0.6) is 0 Å². The Labute approximate surface area is 89.2 Å². The molecule has 0 aromatic heterocycles.